The lowest BCUT2D eigenvalue weighted by atomic mass is 10.0. The Morgan fingerprint density at radius 1 is 1.04 bits per heavy atom. The predicted molar refractivity (Wildman–Crippen MR) is 89.5 cm³/mol. The van der Waals surface area contributed by atoms with E-state index in [9.17, 15) is 18.8 Å². The zero-order chi connectivity index (χ0) is 17.7. The number of carboxylic acid groups (broad SMARTS) is 1. The number of rotatable bonds is 6. The van der Waals surface area contributed by atoms with Crippen molar-refractivity contribution in [3.63, 3.8) is 0 Å². The molecule has 0 saturated heterocycles. The number of carbonyl (C=O) groups is 3. The highest BCUT2D eigenvalue weighted by molar-refractivity contribution is 9.10. The van der Waals surface area contributed by atoms with Crippen molar-refractivity contribution < 1.29 is 23.9 Å². The highest BCUT2D eigenvalue weighted by Crippen LogP contribution is 2.25. The molecule has 2 aromatic rings. The van der Waals surface area contributed by atoms with E-state index in [0.29, 0.717) is 4.47 Å². The van der Waals surface area contributed by atoms with E-state index in [-0.39, 0.29) is 29.7 Å². The number of anilines is 1. The van der Waals surface area contributed by atoms with Gasteiger partial charge >= 0.3 is 5.97 Å². The number of hydrogen-bond donors (Lipinski definition) is 2. The zero-order valence-corrected chi connectivity index (χ0v) is 14.0. The van der Waals surface area contributed by atoms with Crippen LogP contribution >= 0.6 is 15.9 Å². The molecule has 1 amide bonds. The van der Waals surface area contributed by atoms with Crippen LogP contribution in [-0.2, 0) is 9.59 Å². The van der Waals surface area contributed by atoms with Crippen molar-refractivity contribution >= 4 is 39.3 Å². The number of halogens is 2. The standard InChI is InChI=1S/C17H13BrFNO4/c18-10-5-6-14(20-15(21)7-8-16(22)23)12(9-10)17(24)11-3-1-2-4-13(11)19/h1-6,9H,7-8H2,(H,20,21)(H,22,23). The van der Waals surface area contributed by atoms with Crippen LogP contribution in [0.2, 0.25) is 0 Å². The Morgan fingerprint density at radius 2 is 1.75 bits per heavy atom. The molecule has 0 heterocycles. The normalized spacial score (nSPS) is 10.2. The summed E-state index contributed by atoms with van der Waals surface area (Å²) in [5.41, 5.74) is 0.191. The first-order chi connectivity index (χ1) is 11.4. The van der Waals surface area contributed by atoms with Gasteiger partial charge in [0.1, 0.15) is 5.82 Å². The van der Waals surface area contributed by atoms with E-state index in [0.717, 1.165) is 0 Å². The lowest BCUT2D eigenvalue weighted by Crippen LogP contribution is -2.16. The number of benzene rings is 2. The monoisotopic (exact) mass is 393 g/mol. The van der Waals surface area contributed by atoms with Crippen LogP contribution in [-0.4, -0.2) is 22.8 Å². The predicted octanol–water partition coefficient (Wildman–Crippen LogP) is 3.62. The molecule has 0 atom stereocenters. The van der Waals surface area contributed by atoms with Crippen molar-refractivity contribution in [2.75, 3.05) is 5.32 Å². The summed E-state index contributed by atoms with van der Waals surface area (Å²) in [7, 11) is 0. The molecule has 0 aliphatic carbocycles. The molecule has 7 heteroatoms. The number of carboxylic acids is 1. The number of amides is 1. The van der Waals surface area contributed by atoms with Crippen LogP contribution in [0.25, 0.3) is 0 Å². The van der Waals surface area contributed by atoms with Crippen molar-refractivity contribution in [1.29, 1.82) is 0 Å². The molecular weight excluding hydrogens is 381 g/mol. The maximum Gasteiger partial charge on any atom is 0.303 e. The fourth-order valence-electron chi connectivity index (χ4n) is 2.04. The molecule has 0 unspecified atom stereocenters. The molecule has 2 N–H and O–H groups in total. The van der Waals surface area contributed by atoms with Crippen molar-refractivity contribution in [2.24, 2.45) is 0 Å². The van der Waals surface area contributed by atoms with E-state index in [2.05, 4.69) is 21.2 Å². The topological polar surface area (TPSA) is 83.5 Å². The number of carbonyl (C=O) groups excluding carboxylic acids is 2. The number of ketones is 1. The summed E-state index contributed by atoms with van der Waals surface area (Å²) < 4.78 is 14.4. The van der Waals surface area contributed by atoms with Crippen molar-refractivity contribution in [3.05, 3.63) is 63.9 Å². The molecule has 0 saturated carbocycles. The Labute approximate surface area is 145 Å². The lowest BCUT2D eigenvalue weighted by Gasteiger charge is -2.11. The smallest absolute Gasteiger partial charge is 0.303 e. The highest BCUT2D eigenvalue weighted by atomic mass is 79.9. The maximum absolute atomic E-state index is 13.8. The van der Waals surface area contributed by atoms with Gasteiger partial charge in [-0.1, -0.05) is 28.1 Å². The molecule has 0 radical (unpaired) electrons. The van der Waals surface area contributed by atoms with Gasteiger partial charge in [-0.05, 0) is 30.3 Å². The van der Waals surface area contributed by atoms with Gasteiger partial charge in [-0.15, -0.1) is 0 Å². The summed E-state index contributed by atoms with van der Waals surface area (Å²) in [5, 5.41) is 11.1. The number of nitrogens with one attached hydrogen (secondary N) is 1. The van der Waals surface area contributed by atoms with Crippen molar-refractivity contribution in [1.82, 2.24) is 0 Å². The van der Waals surface area contributed by atoms with Crippen LogP contribution in [0.15, 0.2) is 46.9 Å². The van der Waals surface area contributed by atoms with Crippen LogP contribution in [0.3, 0.4) is 0 Å². The van der Waals surface area contributed by atoms with Gasteiger partial charge in [-0.2, -0.15) is 0 Å². The minimum absolute atomic E-state index is 0.109. The highest BCUT2D eigenvalue weighted by Gasteiger charge is 2.19. The first-order valence-corrected chi connectivity index (χ1v) is 7.78. The average Bonchev–Trinajstić information content (AvgIpc) is 2.54. The summed E-state index contributed by atoms with van der Waals surface area (Å²) in [6, 6.07) is 10.1. The Balaban J connectivity index is 2.31. The first-order valence-electron chi connectivity index (χ1n) is 6.99. The van der Waals surface area contributed by atoms with Gasteiger partial charge in [0.25, 0.3) is 0 Å². The van der Waals surface area contributed by atoms with E-state index in [1.807, 2.05) is 0 Å². The molecule has 5 nitrogen and oxygen atoms in total. The molecular formula is C17H13BrFNO4. The van der Waals surface area contributed by atoms with Gasteiger partial charge in [0.15, 0.2) is 5.78 Å². The zero-order valence-electron chi connectivity index (χ0n) is 12.4. The molecule has 2 rings (SSSR count). The summed E-state index contributed by atoms with van der Waals surface area (Å²) >= 11 is 3.24. The molecule has 0 bridgehead atoms. The van der Waals surface area contributed by atoms with Gasteiger partial charge in [0, 0.05) is 16.5 Å². The third kappa shape index (κ3) is 4.48. The molecule has 0 spiro atoms. The summed E-state index contributed by atoms with van der Waals surface area (Å²) in [6.45, 7) is 0. The third-order valence-corrected chi connectivity index (χ3v) is 3.68. The quantitative estimate of drug-likeness (QED) is 0.734. The molecule has 0 aliphatic heterocycles. The Morgan fingerprint density at radius 3 is 2.42 bits per heavy atom. The van der Waals surface area contributed by atoms with Crippen molar-refractivity contribution in [3.8, 4) is 0 Å². The largest absolute Gasteiger partial charge is 0.481 e. The average molecular weight is 394 g/mol. The van der Waals surface area contributed by atoms with Gasteiger partial charge in [-0.25, -0.2) is 4.39 Å². The Bertz CT molecular complexity index is 807. The number of aliphatic carboxylic acids is 1. The van der Waals surface area contributed by atoms with E-state index in [1.165, 1.54) is 30.3 Å². The van der Waals surface area contributed by atoms with Crippen LogP contribution in [0.1, 0.15) is 28.8 Å². The van der Waals surface area contributed by atoms with E-state index >= 15 is 0 Å². The Hall–Kier alpha value is -2.54. The number of hydrogen-bond acceptors (Lipinski definition) is 3. The second-order valence-electron chi connectivity index (χ2n) is 4.94. The second kappa shape index (κ2) is 7.83. The van der Waals surface area contributed by atoms with Crippen molar-refractivity contribution in [2.45, 2.75) is 12.8 Å². The minimum Gasteiger partial charge on any atom is -0.481 e. The first kappa shape index (κ1) is 17.8. The fraction of sp³-hybridized carbons (Fsp3) is 0.118. The van der Waals surface area contributed by atoms with Gasteiger partial charge in [0.2, 0.25) is 5.91 Å². The van der Waals surface area contributed by atoms with Gasteiger partial charge in [-0.3, -0.25) is 14.4 Å². The SMILES string of the molecule is O=C(O)CCC(=O)Nc1ccc(Br)cc1C(=O)c1ccccc1F. The maximum atomic E-state index is 13.8. The molecule has 0 fully saturated rings. The third-order valence-electron chi connectivity index (χ3n) is 3.18. The van der Waals surface area contributed by atoms with Crippen LogP contribution in [0.5, 0.6) is 0 Å². The minimum atomic E-state index is -1.09. The van der Waals surface area contributed by atoms with Crippen LogP contribution in [0, 0.1) is 5.82 Å². The van der Waals surface area contributed by atoms with E-state index in [4.69, 9.17) is 5.11 Å². The molecule has 2 aromatic carbocycles. The second-order valence-corrected chi connectivity index (χ2v) is 5.86. The molecule has 124 valence electrons. The van der Waals surface area contributed by atoms with Gasteiger partial charge < -0.3 is 10.4 Å². The van der Waals surface area contributed by atoms with Crippen LogP contribution in [0.4, 0.5) is 10.1 Å². The summed E-state index contributed by atoms with van der Waals surface area (Å²) in [4.78, 5) is 34.9. The van der Waals surface area contributed by atoms with Crippen LogP contribution < -0.4 is 5.32 Å². The molecule has 24 heavy (non-hydrogen) atoms. The summed E-state index contributed by atoms with van der Waals surface area (Å²) in [5.74, 6) is -2.88. The summed E-state index contributed by atoms with van der Waals surface area (Å²) in [6.07, 6.45) is -0.544. The van der Waals surface area contributed by atoms with E-state index in [1.54, 1.807) is 12.1 Å². The van der Waals surface area contributed by atoms with E-state index < -0.39 is 23.5 Å². The molecule has 0 aliphatic rings. The lowest BCUT2D eigenvalue weighted by molar-refractivity contribution is -0.138. The van der Waals surface area contributed by atoms with Gasteiger partial charge in [0.05, 0.1) is 17.7 Å². The fourth-order valence-corrected chi connectivity index (χ4v) is 2.40. The molecule has 0 aromatic heterocycles. The Kier molecular flexibility index (Phi) is 5.81.